The molecule has 6 aromatic rings. The predicted octanol–water partition coefficient (Wildman–Crippen LogP) is 5.49. The van der Waals surface area contributed by atoms with Gasteiger partial charge in [-0.05, 0) is 87.4 Å². The molecule has 0 aliphatic heterocycles. The van der Waals surface area contributed by atoms with Crippen molar-refractivity contribution < 1.29 is 51.8 Å². The normalized spacial score (nSPS) is 12.6. The van der Waals surface area contributed by atoms with Gasteiger partial charge in [0.15, 0.2) is 11.5 Å². The van der Waals surface area contributed by atoms with Crippen molar-refractivity contribution in [3.63, 3.8) is 0 Å². The molecule has 64 heavy (non-hydrogen) atoms. The third-order valence-electron chi connectivity index (χ3n) is 8.10. The molecular formula is C38H38N10O12S4. The Balaban J connectivity index is 0.000000274. The van der Waals surface area contributed by atoms with Crippen LogP contribution in [0.2, 0.25) is 0 Å². The van der Waals surface area contributed by atoms with E-state index in [1.54, 1.807) is 52.0 Å². The zero-order valence-corrected chi connectivity index (χ0v) is 37.0. The first-order valence-corrected chi connectivity index (χ1v) is 22.9. The Hall–Kier alpha value is -6.78. The van der Waals surface area contributed by atoms with Gasteiger partial charge in [-0.1, -0.05) is 36.4 Å². The van der Waals surface area contributed by atoms with Gasteiger partial charge in [-0.25, -0.2) is 9.97 Å². The number of nitrogens with one attached hydrogen (secondary N) is 2. The Morgan fingerprint density at radius 2 is 0.859 bits per heavy atom. The molecule has 0 aliphatic rings. The van der Waals surface area contributed by atoms with Crippen molar-refractivity contribution in [3.05, 3.63) is 118 Å². The maximum Gasteiger partial charge on any atom is 0.357 e. The maximum atomic E-state index is 12.2. The molecule has 0 fully saturated rings. The van der Waals surface area contributed by atoms with E-state index in [1.165, 1.54) is 66.8 Å². The second-order valence-electron chi connectivity index (χ2n) is 13.1. The van der Waals surface area contributed by atoms with Gasteiger partial charge in [0.05, 0.1) is 0 Å². The number of benzene rings is 4. The summed E-state index contributed by atoms with van der Waals surface area (Å²) in [6, 6.07) is 17.4. The fraction of sp³-hybridized carbons (Fsp3) is 0.105. The minimum absolute atomic E-state index is 0.0110. The standard InChI is InChI=1S/C24H24N8O6S2.C14H14N2O6S2/c1-13-25-14(2)28-23(27-13)31-19-9-7-17(21(11-19)38-39(33)34)5-6-18-8-10-20(12-22(18)40(35,36)37)32-24-29-15(3)26-16(4)30-24;15-11-5-3-9(13(7-11)22-23(17)18)1-2-10-4-6-12(16)8-14(10)24(19,20)21/h5-12H,1-4H3,(H,33,34)(H,35,36,37)(H,25,27,28,31)(H,26,29,30,32);1-8H,15-16H2,(H,17,18)(H,19,20,21). The summed E-state index contributed by atoms with van der Waals surface area (Å²) in [5, 5.41) is 5.88. The molecule has 2 atom stereocenters. The monoisotopic (exact) mass is 954 g/mol. The largest absolute Gasteiger partial charge is 0.399 e. The van der Waals surface area contributed by atoms with Crippen LogP contribution in [-0.2, 0) is 43.0 Å². The lowest BCUT2D eigenvalue weighted by atomic mass is 10.1. The molecular weight excluding hydrogens is 917 g/mol. The van der Waals surface area contributed by atoms with Crippen molar-refractivity contribution in [2.24, 2.45) is 0 Å². The van der Waals surface area contributed by atoms with E-state index in [0.717, 1.165) is 6.07 Å². The van der Waals surface area contributed by atoms with Crippen LogP contribution >= 0.6 is 0 Å². The molecule has 4 aromatic carbocycles. The Morgan fingerprint density at radius 1 is 0.516 bits per heavy atom. The number of hydrogen-bond donors (Lipinski definition) is 8. The summed E-state index contributed by atoms with van der Waals surface area (Å²) in [5.74, 6) is 2.52. The van der Waals surface area contributed by atoms with Crippen LogP contribution in [0.25, 0.3) is 24.3 Å². The Labute approximate surface area is 371 Å². The molecule has 0 saturated carbocycles. The minimum Gasteiger partial charge on any atom is -0.399 e. The molecule has 2 unspecified atom stereocenters. The Bertz CT molecular complexity index is 3020. The molecule has 0 aliphatic carbocycles. The molecule has 22 nitrogen and oxygen atoms in total. The third kappa shape index (κ3) is 14.1. The fourth-order valence-electron chi connectivity index (χ4n) is 5.58. The van der Waals surface area contributed by atoms with Crippen LogP contribution in [0.1, 0.15) is 45.6 Å². The molecule has 0 saturated heterocycles. The third-order valence-corrected chi connectivity index (χ3v) is 10.6. The van der Waals surface area contributed by atoms with Gasteiger partial charge in [-0.15, -0.1) is 0 Å². The number of aryl methyl sites for hydroxylation is 4. The Kier molecular flexibility index (Phi) is 15.5. The lowest BCUT2D eigenvalue weighted by Crippen LogP contribution is -2.05. The summed E-state index contributed by atoms with van der Waals surface area (Å²) in [6.45, 7) is 6.82. The molecule has 6 rings (SSSR count). The van der Waals surface area contributed by atoms with E-state index in [9.17, 15) is 38.9 Å². The van der Waals surface area contributed by atoms with Crippen molar-refractivity contribution >= 4 is 102 Å². The van der Waals surface area contributed by atoms with E-state index < -0.39 is 43.0 Å². The van der Waals surface area contributed by atoms with Gasteiger partial charge in [0.1, 0.15) is 33.1 Å². The quantitative estimate of drug-likeness (QED) is 0.0289. The molecule has 0 radical (unpaired) electrons. The van der Waals surface area contributed by atoms with Gasteiger partial charge in [0, 0.05) is 46.0 Å². The molecule has 0 amide bonds. The van der Waals surface area contributed by atoms with E-state index in [4.69, 9.17) is 24.4 Å². The molecule has 2 heterocycles. The SMILES string of the molecule is Cc1nc(C)nc(Nc2ccc(C=Cc3ccc(Nc4nc(C)nc(C)n4)cc3S(=O)(=O)O)c(OS(=O)O)c2)n1.Nc1ccc(C=Cc2ccc(N)cc2S(=O)(=O)O)c(OS(=O)O)c1. The average Bonchev–Trinajstić information content (AvgIpc) is 3.16. The van der Waals surface area contributed by atoms with Gasteiger partial charge < -0.3 is 30.5 Å². The first kappa shape index (κ1) is 48.3. The number of anilines is 6. The number of rotatable bonds is 14. The number of aromatic nitrogens is 6. The maximum absolute atomic E-state index is 12.2. The average molecular weight is 955 g/mol. The van der Waals surface area contributed by atoms with Gasteiger partial charge in [-0.2, -0.15) is 45.2 Å². The van der Waals surface area contributed by atoms with Crippen molar-refractivity contribution in [1.82, 2.24) is 29.9 Å². The van der Waals surface area contributed by atoms with Gasteiger partial charge in [-0.3, -0.25) is 18.2 Å². The highest BCUT2D eigenvalue weighted by Gasteiger charge is 2.18. The molecule has 26 heteroatoms. The van der Waals surface area contributed by atoms with Crippen LogP contribution in [0.15, 0.2) is 82.6 Å². The van der Waals surface area contributed by atoms with E-state index in [-0.39, 0.29) is 50.0 Å². The lowest BCUT2D eigenvalue weighted by molar-refractivity contribution is 0.456. The highest BCUT2D eigenvalue weighted by molar-refractivity contribution is 7.86. The molecule has 336 valence electrons. The van der Waals surface area contributed by atoms with E-state index >= 15 is 0 Å². The minimum atomic E-state index is -4.64. The highest BCUT2D eigenvalue weighted by atomic mass is 32.2. The topological polar surface area (TPSA) is 355 Å². The summed E-state index contributed by atoms with van der Waals surface area (Å²) in [7, 11) is -9.11. The first-order chi connectivity index (χ1) is 30.0. The summed E-state index contributed by atoms with van der Waals surface area (Å²) < 4.78 is 117. The predicted molar refractivity (Wildman–Crippen MR) is 240 cm³/mol. The number of hydrogen-bond acceptors (Lipinski definition) is 18. The van der Waals surface area contributed by atoms with E-state index in [0.29, 0.717) is 51.5 Å². The van der Waals surface area contributed by atoms with Crippen molar-refractivity contribution in [3.8, 4) is 11.5 Å². The first-order valence-electron chi connectivity index (χ1n) is 17.9. The van der Waals surface area contributed by atoms with Crippen LogP contribution < -0.4 is 30.5 Å². The summed E-state index contributed by atoms with van der Waals surface area (Å²) in [6.07, 6.45) is 5.72. The van der Waals surface area contributed by atoms with Crippen LogP contribution in [0.4, 0.5) is 34.6 Å². The van der Waals surface area contributed by atoms with E-state index in [1.807, 2.05) is 0 Å². The zero-order valence-electron chi connectivity index (χ0n) is 33.8. The van der Waals surface area contributed by atoms with E-state index in [2.05, 4.69) is 40.5 Å². The van der Waals surface area contributed by atoms with Gasteiger partial charge >= 0.3 is 22.7 Å². The van der Waals surface area contributed by atoms with Crippen LogP contribution in [0.3, 0.4) is 0 Å². The van der Waals surface area contributed by atoms with Crippen molar-refractivity contribution in [2.45, 2.75) is 37.5 Å². The van der Waals surface area contributed by atoms with Crippen LogP contribution in [0, 0.1) is 27.7 Å². The number of nitrogens with two attached hydrogens (primary N) is 2. The number of nitrogens with zero attached hydrogens (tertiary/aromatic N) is 6. The molecule has 0 spiro atoms. The molecule has 10 N–H and O–H groups in total. The zero-order chi connectivity index (χ0) is 46.9. The number of nitrogen functional groups attached to an aromatic ring is 2. The second-order valence-corrected chi connectivity index (χ2v) is 17.1. The van der Waals surface area contributed by atoms with Crippen molar-refractivity contribution in [2.75, 3.05) is 22.1 Å². The summed E-state index contributed by atoms with van der Waals surface area (Å²) >= 11 is -5.19. The summed E-state index contributed by atoms with van der Waals surface area (Å²) in [4.78, 5) is 24.2. The lowest BCUT2D eigenvalue weighted by Gasteiger charge is -2.11. The Morgan fingerprint density at radius 3 is 1.30 bits per heavy atom. The smallest absolute Gasteiger partial charge is 0.357 e. The summed E-state index contributed by atoms with van der Waals surface area (Å²) in [5.41, 5.74) is 13.4. The van der Waals surface area contributed by atoms with Crippen LogP contribution in [0.5, 0.6) is 11.5 Å². The molecule has 2 aromatic heterocycles. The van der Waals surface area contributed by atoms with Crippen molar-refractivity contribution in [1.29, 1.82) is 0 Å². The fourth-order valence-corrected chi connectivity index (χ4v) is 7.61. The van der Waals surface area contributed by atoms with Gasteiger partial charge in [0.25, 0.3) is 20.2 Å². The molecule has 0 bridgehead atoms. The highest BCUT2D eigenvalue weighted by Crippen LogP contribution is 2.30. The van der Waals surface area contributed by atoms with Gasteiger partial charge in [0.2, 0.25) is 11.9 Å². The second kappa shape index (κ2) is 20.6. The van der Waals surface area contributed by atoms with Crippen LogP contribution in [-0.4, -0.2) is 73.4 Å².